The monoisotopic (exact) mass is 501 g/mol. The van der Waals surface area contributed by atoms with Crippen LogP contribution in [0.5, 0.6) is 0 Å². The van der Waals surface area contributed by atoms with Crippen LogP contribution in [0.1, 0.15) is 26.3 Å². The lowest BCUT2D eigenvalue weighted by Crippen LogP contribution is -2.33. The lowest BCUT2D eigenvalue weighted by atomic mass is 10.1. The molecule has 2 amide bonds. The number of hydrogen-bond donors (Lipinski definition) is 0. The van der Waals surface area contributed by atoms with E-state index in [9.17, 15) is 9.59 Å². The van der Waals surface area contributed by atoms with Gasteiger partial charge in [0.2, 0.25) is 0 Å². The Morgan fingerprint density at radius 3 is 1.33 bits per heavy atom. The Balaban J connectivity index is 1.02. The quantitative estimate of drug-likeness (QED) is 0.202. The van der Waals surface area contributed by atoms with Crippen molar-refractivity contribution >= 4 is 11.8 Å². The number of nitrogens with zero attached hydrogens (tertiary/aromatic N) is 1. The van der Waals surface area contributed by atoms with Crippen molar-refractivity contribution in [2.24, 2.45) is 0 Å². The third-order valence-electron chi connectivity index (χ3n) is 5.31. The lowest BCUT2D eigenvalue weighted by Gasteiger charge is -2.13. The summed E-state index contributed by atoms with van der Waals surface area (Å²) in [6.07, 6.45) is 0. The van der Waals surface area contributed by atoms with Crippen LogP contribution in [0, 0.1) is 0 Å². The fraction of sp³-hybridized carbons (Fsp3) is 0.481. The van der Waals surface area contributed by atoms with Crippen LogP contribution in [-0.4, -0.2) is 95.9 Å². The first-order chi connectivity index (χ1) is 17.8. The Labute approximate surface area is 212 Å². The Kier molecular flexibility index (Phi) is 13.1. The van der Waals surface area contributed by atoms with Crippen molar-refractivity contribution in [3.63, 3.8) is 0 Å². The van der Waals surface area contributed by atoms with E-state index in [1.54, 1.807) is 24.3 Å². The number of amides is 2. The van der Waals surface area contributed by atoms with Crippen LogP contribution in [0.2, 0.25) is 0 Å². The van der Waals surface area contributed by atoms with Gasteiger partial charge in [0, 0.05) is 0 Å². The van der Waals surface area contributed by atoms with Crippen LogP contribution < -0.4 is 0 Å². The first kappa shape index (κ1) is 27.9. The van der Waals surface area contributed by atoms with E-state index in [0.717, 1.165) is 5.56 Å². The number of benzene rings is 2. The Hall–Kier alpha value is -2.66. The molecule has 0 spiro atoms. The van der Waals surface area contributed by atoms with Crippen molar-refractivity contribution < 1.29 is 38.0 Å². The molecule has 2 aromatic rings. The summed E-state index contributed by atoms with van der Waals surface area (Å²) >= 11 is 0. The van der Waals surface area contributed by atoms with Gasteiger partial charge in [0.05, 0.1) is 97.0 Å². The average Bonchev–Trinajstić information content (AvgIpc) is 3.15. The van der Waals surface area contributed by atoms with E-state index >= 15 is 0 Å². The number of ether oxygens (including phenoxy) is 6. The number of hydrogen-bond acceptors (Lipinski definition) is 8. The van der Waals surface area contributed by atoms with Gasteiger partial charge < -0.3 is 28.4 Å². The summed E-state index contributed by atoms with van der Waals surface area (Å²) in [4.78, 5) is 25.7. The van der Waals surface area contributed by atoms with Crippen molar-refractivity contribution in [2.45, 2.75) is 6.61 Å². The molecule has 0 aromatic heterocycles. The molecule has 196 valence electrons. The molecule has 9 heteroatoms. The van der Waals surface area contributed by atoms with Crippen LogP contribution in [0.15, 0.2) is 54.6 Å². The van der Waals surface area contributed by atoms with Gasteiger partial charge in [-0.25, -0.2) is 0 Å². The maximum atomic E-state index is 12.3. The summed E-state index contributed by atoms with van der Waals surface area (Å²) in [6, 6.07) is 16.9. The summed E-state index contributed by atoms with van der Waals surface area (Å²) in [7, 11) is 0. The highest BCUT2D eigenvalue weighted by Gasteiger charge is 2.34. The maximum absolute atomic E-state index is 12.3. The zero-order chi connectivity index (χ0) is 25.3. The summed E-state index contributed by atoms with van der Waals surface area (Å²) in [5.74, 6) is -0.540. The standard InChI is InChI=1S/C27H35NO8/c29-26-24-8-4-5-9-25(24)27(30)28(26)10-11-31-12-13-32-14-15-33-16-17-34-18-19-35-20-21-36-22-23-6-2-1-3-7-23/h1-9H,10-22H2. The van der Waals surface area contributed by atoms with Gasteiger partial charge in [0.15, 0.2) is 0 Å². The number of carbonyl (C=O) groups excluding carboxylic acids is 2. The molecule has 0 unspecified atom stereocenters. The minimum absolute atomic E-state index is 0.225. The molecule has 36 heavy (non-hydrogen) atoms. The molecular weight excluding hydrogens is 466 g/mol. The smallest absolute Gasteiger partial charge is 0.261 e. The lowest BCUT2D eigenvalue weighted by molar-refractivity contribution is -0.0181. The van der Waals surface area contributed by atoms with Crippen LogP contribution >= 0.6 is 0 Å². The van der Waals surface area contributed by atoms with Gasteiger partial charge in [-0.1, -0.05) is 42.5 Å². The molecule has 9 nitrogen and oxygen atoms in total. The van der Waals surface area contributed by atoms with E-state index in [0.29, 0.717) is 83.8 Å². The van der Waals surface area contributed by atoms with Gasteiger partial charge in [-0.15, -0.1) is 0 Å². The zero-order valence-corrected chi connectivity index (χ0v) is 20.6. The molecule has 0 fully saturated rings. The highest BCUT2D eigenvalue weighted by Crippen LogP contribution is 2.21. The zero-order valence-electron chi connectivity index (χ0n) is 20.6. The number of fused-ring (bicyclic) bond motifs is 1. The highest BCUT2D eigenvalue weighted by molar-refractivity contribution is 6.21. The molecule has 2 aromatic carbocycles. The van der Waals surface area contributed by atoms with E-state index in [2.05, 4.69) is 0 Å². The van der Waals surface area contributed by atoms with Crippen LogP contribution in [0.4, 0.5) is 0 Å². The summed E-state index contributed by atoms with van der Waals surface area (Å²) < 4.78 is 32.8. The predicted molar refractivity (Wildman–Crippen MR) is 132 cm³/mol. The van der Waals surface area contributed by atoms with Crippen molar-refractivity contribution in [2.75, 3.05) is 79.2 Å². The third-order valence-corrected chi connectivity index (χ3v) is 5.31. The highest BCUT2D eigenvalue weighted by atomic mass is 16.6. The van der Waals surface area contributed by atoms with Crippen molar-refractivity contribution in [1.82, 2.24) is 4.90 Å². The Bertz CT molecular complexity index is 873. The normalized spacial score (nSPS) is 12.9. The van der Waals surface area contributed by atoms with Crippen molar-refractivity contribution in [3.8, 4) is 0 Å². The fourth-order valence-corrected chi connectivity index (χ4v) is 3.46. The van der Waals surface area contributed by atoms with Gasteiger partial charge in [-0.05, 0) is 17.7 Å². The first-order valence-electron chi connectivity index (χ1n) is 12.2. The predicted octanol–water partition coefficient (Wildman–Crippen LogP) is 2.58. The second-order valence-corrected chi connectivity index (χ2v) is 7.91. The van der Waals surface area contributed by atoms with Gasteiger partial charge in [0.1, 0.15) is 0 Å². The van der Waals surface area contributed by atoms with Crippen LogP contribution in [0.3, 0.4) is 0 Å². The number of carbonyl (C=O) groups is 2. The molecule has 0 saturated heterocycles. The number of imide groups is 1. The summed E-state index contributed by atoms with van der Waals surface area (Å²) in [6.45, 7) is 5.89. The van der Waals surface area contributed by atoms with Crippen LogP contribution in [0.25, 0.3) is 0 Å². The molecule has 1 heterocycles. The molecule has 0 atom stereocenters. The minimum atomic E-state index is -0.270. The van der Waals surface area contributed by atoms with Gasteiger partial charge in [0.25, 0.3) is 11.8 Å². The molecule has 3 rings (SSSR count). The second-order valence-electron chi connectivity index (χ2n) is 7.91. The number of rotatable bonds is 20. The summed E-state index contributed by atoms with van der Waals surface area (Å²) in [5.41, 5.74) is 2.05. The molecular formula is C27H35NO8. The largest absolute Gasteiger partial charge is 0.377 e. The van der Waals surface area contributed by atoms with Gasteiger partial charge in [-0.3, -0.25) is 14.5 Å². The first-order valence-corrected chi connectivity index (χ1v) is 12.2. The molecule has 0 radical (unpaired) electrons. The Morgan fingerprint density at radius 1 is 0.472 bits per heavy atom. The van der Waals surface area contributed by atoms with Crippen LogP contribution in [-0.2, 0) is 35.0 Å². The van der Waals surface area contributed by atoms with Gasteiger partial charge in [-0.2, -0.15) is 0 Å². The molecule has 1 aliphatic heterocycles. The summed E-state index contributed by atoms with van der Waals surface area (Å²) in [5, 5.41) is 0. The van der Waals surface area contributed by atoms with Crippen molar-refractivity contribution in [1.29, 1.82) is 0 Å². The average molecular weight is 502 g/mol. The van der Waals surface area contributed by atoms with E-state index in [1.807, 2.05) is 30.3 Å². The van der Waals surface area contributed by atoms with Gasteiger partial charge >= 0.3 is 0 Å². The third kappa shape index (κ3) is 9.77. The van der Waals surface area contributed by atoms with E-state index in [-0.39, 0.29) is 25.0 Å². The second kappa shape index (κ2) is 16.9. The molecule has 0 N–H and O–H groups in total. The topological polar surface area (TPSA) is 92.8 Å². The minimum Gasteiger partial charge on any atom is -0.377 e. The SMILES string of the molecule is O=C1c2ccccc2C(=O)N1CCOCCOCCOCCOCCOCCOCc1ccccc1. The Morgan fingerprint density at radius 2 is 0.861 bits per heavy atom. The molecule has 0 aliphatic carbocycles. The van der Waals surface area contributed by atoms with Crippen molar-refractivity contribution in [3.05, 3.63) is 71.3 Å². The van der Waals surface area contributed by atoms with E-state index in [4.69, 9.17) is 28.4 Å². The molecule has 0 bridgehead atoms. The molecule has 0 saturated carbocycles. The van der Waals surface area contributed by atoms with E-state index in [1.165, 1.54) is 4.90 Å². The maximum Gasteiger partial charge on any atom is 0.261 e. The fourth-order valence-electron chi connectivity index (χ4n) is 3.46. The molecule has 1 aliphatic rings. The van der Waals surface area contributed by atoms with E-state index < -0.39 is 0 Å².